The van der Waals surface area contributed by atoms with Crippen molar-refractivity contribution in [2.24, 2.45) is 0 Å². The third kappa shape index (κ3) is 2.51. The second kappa shape index (κ2) is 5.24. The molecule has 1 heterocycles. The summed E-state index contributed by atoms with van der Waals surface area (Å²) < 4.78 is 0. The molecule has 1 aromatic heterocycles. The molecule has 0 aliphatic carbocycles. The van der Waals surface area contributed by atoms with Crippen LogP contribution in [0.4, 0.5) is 11.5 Å². The number of aromatic nitrogens is 2. The number of nitrogens with one attached hydrogen (secondary N) is 1. The third-order valence-corrected chi connectivity index (χ3v) is 3.20. The Labute approximate surface area is 116 Å². The Kier molecular flexibility index (Phi) is 3.29. The van der Waals surface area contributed by atoms with Crippen LogP contribution in [0.15, 0.2) is 54.9 Å². The van der Waals surface area contributed by atoms with Gasteiger partial charge in [-0.25, -0.2) is 9.97 Å². The van der Waals surface area contributed by atoms with Crippen LogP contribution in [0.1, 0.15) is 5.56 Å². The minimum Gasteiger partial charge on any atom is -0.340 e. The van der Waals surface area contributed by atoms with E-state index in [1.807, 2.05) is 48.5 Å². The first-order chi connectivity index (χ1) is 9.36. The van der Waals surface area contributed by atoms with E-state index in [0.717, 1.165) is 28.0 Å². The maximum absolute atomic E-state index is 5.84. The van der Waals surface area contributed by atoms with Crippen LogP contribution in [0.25, 0.3) is 10.9 Å². The smallest absolute Gasteiger partial charge is 0.141 e. The number of hydrogen-bond acceptors (Lipinski definition) is 3. The predicted molar refractivity (Wildman–Crippen MR) is 78.8 cm³/mol. The number of anilines is 2. The predicted octanol–water partition coefficient (Wildman–Crippen LogP) is 4.11. The van der Waals surface area contributed by atoms with E-state index in [4.69, 9.17) is 11.6 Å². The van der Waals surface area contributed by atoms with Crippen LogP contribution < -0.4 is 5.32 Å². The number of alkyl halides is 1. The highest BCUT2D eigenvalue weighted by atomic mass is 35.5. The molecule has 3 aromatic rings. The van der Waals surface area contributed by atoms with Gasteiger partial charge in [0.25, 0.3) is 0 Å². The van der Waals surface area contributed by atoms with Crippen LogP contribution in [0.2, 0.25) is 0 Å². The van der Waals surface area contributed by atoms with Crippen molar-refractivity contribution in [1.82, 2.24) is 9.97 Å². The van der Waals surface area contributed by atoms with E-state index in [2.05, 4.69) is 15.3 Å². The molecule has 0 radical (unpaired) electrons. The zero-order valence-electron chi connectivity index (χ0n) is 10.2. The van der Waals surface area contributed by atoms with E-state index in [9.17, 15) is 0 Å². The highest BCUT2D eigenvalue weighted by molar-refractivity contribution is 6.17. The van der Waals surface area contributed by atoms with Crippen molar-refractivity contribution in [3.05, 3.63) is 60.4 Å². The Bertz CT molecular complexity index is 707. The molecule has 0 unspecified atom stereocenters. The molecule has 0 aliphatic heterocycles. The fourth-order valence-electron chi connectivity index (χ4n) is 1.97. The molecule has 0 spiro atoms. The zero-order valence-corrected chi connectivity index (χ0v) is 10.9. The van der Waals surface area contributed by atoms with Gasteiger partial charge in [0.1, 0.15) is 12.1 Å². The lowest BCUT2D eigenvalue weighted by molar-refractivity contribution is 1.22. The van der Waals surface area contributed by atoms with Crippen LogP contribution in [0.3, 0.4) is 0 Å². The Morgan fingerprint density at radius 2 is 1.89 bits per heavy atom. The van der Waals surface area contributed by atoms with Gasteiger partial charge >= 0.3 is 0 Å². The Morgan fingerprint density at radius 3 is 2.79 bits per heavy atom. The summed E-state index contributed by atoms with van der Waals surface area (Å²) in [5.41, 5.74) is 2.97. The standard InChI is InChI=1S/C15H12ClN3/c16-9-11-4-3-5-12(8-11)19-15-13-6-1-2-7-14(13)17-10-18-15/h1-8,10H,9H2,(H,17,18,19). The summed E-state index contributed by atoms with van der Waals surface area (Å²) in [6.07, 6.45) is 1.57. The van der Waals surface area contributed by atoms with E-state index in [1.165, 1.54) is 0 Å². The first-order valence-electron chi connectivity index (χ1n) is 5.98. The SMILES string of the molecule is ClCc1cccc(Nc2ncnc3ccccc23)c1. The molecule has 0 aliphatic rings. The van der Waals surface area contributed by atoms with Crippen LogP contribution in [0, 0.1) is 0 Å². The van der Waals surface area contributed by atoms with E-state index in [1.54, 1.807) is 6.33 Å². The van der Waals surface area contributed by atoms with Crippen LogP contribution in [-0.4, -0.2) is 9.97 Å². The molecule has 3 nitrogen and oxygen atoms in total. The Balaban J connectivity index is 2.01. The van der Waals surface area contributed by atoms with Crippen molar-refractivity contribution in [2.75, 3.05) is 5.32 Å². The van der Waals surface area contributed by atoms with E-state index < -0.39 is 0 Å². The molecule has 0 bridgehead atoms. The summed E-state index contributed by atoms with van der Waals surface area (Å²) in [5.74, 6) is 1.30. The lowest BCUT2D eigenvalue weighted by Crippen LogP contribution is -1.96. The molecule has 0 saturated carbocycles. The fraction of sp³-hybridized carbons (Fsp3) is 0.0667. The quantitative estimate of drug-likeness (QED) is 0.727. The van der Waals surface area contributed by atoms with Gasteiger partial charge in [0.15, 0.2) is 0 Å². The summed E-state index contributed by atoms with van der Waals surface area (Å²) in [6, 6.07) is 15.9. The topological polar surface area (TPSA) is 37.8 Å². The molecule has 0 fully saturated rings. The average molecular weight is 270 g/mol. The first kappa shape index (κ1) is 11.9. The molecule has 0 saturated heterocycles. The van der Waals surface area contributed by atoms with Crippen LogP contribution >= 0.6 is 11.6 Å². The fourth-order valence-corrected chi connectivity index (χ4v) is 2.14. The molecular formula is C15H12ClN3. The summed E-state index contributed by atoms with van der Waals surface area (Å²) in [7, 11) is 0. The lowest BCUT2D eigenvalue weighted by Gasteiger charge is -2.08. The van der Waals surface area contributed by atoms with Crippen molar-refractivity contribution in [2.45, 2.75) is 5.88 Å². The van der Waals surface area contributed by atoms with Gasteiger partial charge in [0.2, 0.25) is 0 Å². The highest BCUT2D eigenvalue weighted by Gasteiger charge is 2.03. The maximum atomic E-state index is 5.84. The van der Waals surface area contributed by atoms with Gasteiger partial charge < -0.3 is 5.32 Å². The molecule has 19 heavy (non-hydrogen) atoms. The van der Waals surface area contributed by atoms with Crippen molar-refractivity contribution in [3.63, 3.8) is 0 Å². The summed E-state index contributed by atoms with van der Waals surface area (Å²) >= 11 is 5.84. The number of halogens is 1. The minimum absolute atomic E-state index is 0.500. The van der Waals surface area contributed by atoms with Gasteiger partial charge in [-0.1, -0.05) is 24.3 Å². The molecular weight excluding hydrogens is 258 g/mol. The third-order valence-electron chi connectivity index (χ3n) is 2.89. The number of fused-ring (bicyclic) bond motifs is 1. The molecule has 4 heteroatoms. The number of rotatable bonds is 3. The first-order valence-corrected chi connectivity index (χ1v) is 6.52. The van der Waals surface area contributed by atoms with Gasteiger partial charge in [-0.2, -0.15) is 0 Å². The van der Waals surface area contributed by atoms with Gasteiger partial charge in [-0.3, -0.25) is 0 Å². The largest absolute Gasteiger partial charge is 0.340 e. The van der Waals surface area contributed by atoms with E-state index in [0.29, 0.717) is 5.88 Å². The van der Waals surface area contributed by atoms with Crippen molar-refractivity contribution >= 4 is 34.0 Å². The van der Waals surface area contributed by atoms with Gasteiger partial charge in [-0.15, -0.1) is 11.6 Å². The van der Waals surface area contributed by atoms with Crippen LogP contribution in [-0.2, 0) is 5.88 Å². The average Bonchev–Trinajstić information content (AvgIpc) is 2.48. The van der Waals surface area contributed by atoms with E-state index in [-0.39, 0.29) is 0 Å². The zero-order chi connectivity index (χ0) is 13.1. The number of nitrogens with zero attached hydrogens (tertiary/aromatic N) is 2. The monoisotopic (exact) mass is 269 g/mol. The van der Waals surface area contributed by atoms with Gasteiger partial charge in [0.05, 0.1) is 5.52 Å². The van der Waals surface area contributed by atoms with Crippen LogP contribution in [0.5, 0.6) is 0 Å². The molecule has 3 rings (SSSR count). The maximum Gasteiger partial charge on any atom is 0.141 e. The molecule has 0 amide bonds. The van der Waals surface area contributed by atoms with Crippen molar-refractivity contribution in [3.8, 4) is 0 Å². The summed E-state index contributed by atoms with van der Waals surface area (Å²) in [4.78, 5) is 8.55. The number of hydrogen-bond donors (Lipinski definition) is 1. The second-order valence-corrected chi connectivity index (χ2v) is 4.47. The molecule has 2 aromatic carbocycles. The molecule has 94 valence electrons. The van der Waals surface area contributed by atoms with E-state index >= 15 is 0 Å². The highest BCUT2D eigenvalue weighted by Crippen LogP contribution is 2.23. The van der Waals surface area contributed by atoms with Gasteiger partial charge in [0, 0.05) is 17.0 Å². The summed E-state index contributed by atoms with van der Waals surface area (Å²) in [6.45, 7) is 0. The van der Waals surface area contributed by atoms with Crippen molar-refractivity contribution < 1.29 is 0 Å². The summed E-state index contributed by atoms with van der Waals surface area (Å²) in [5, 5.41) is 4.31. The minimum atomic E-state index is 0.500. The second-order valence-electron chi connectivity index (χ2n) is 4.20. The number of para-hydroxylation sites is 1. The van der Waals surface area contributed by atoms with Gasteiger partial charge in [-0.05, 0) is 29.8 Å². The lowest BCUT2D eigenvalue weighted by atomic mass is 10.2. The normalized spacial score (nSPS) is 10.6. The molecule has 1 N–H and O–H groups in total. The molecule has 0 atom stereocenters. The Morgan fingerprint density at radius 1 is 1.00 bits per heavy atom. The number of benzene rings is 2. The van der Waals surface area contributed by atoms with Crippen molar-refractivity contribution in [1.29, 1.82) is 0 Å². The Hall–Kier alpha value is -2.13.